The Hall–Kier alpha value is -3.24. The van der Waals surface area contributed by atoms with Crippen molar-refractivity contribution in [2.45, 2.75) is 13.3 Å². The number of aromatic nitrogens is 1. The maximum absolute atomic E-state index is 11.8. The highest BCUT2D eigenvalue weighted by Crippen LogP contribution is 2.32. The van der Waals surface area contributed by atoms with Gasteiger partial charge in [-0.2, -0.15) is 0 Å². The zero-order valence-electron chi connectivity index (χ0n) is 14.1. The number of amides is 2. The number of nitrogens with one attached hydrogen (secondary N) is 2. The molecule has 3 aromatic rings. The van der Waals surface area contributed by atoms with Crippen LogP contribution in [-0.2, 0) is 9.59 Å². The van der Waals surface area contributed by atoms with Gasteiger partial charge in [0.15, 0.2) is 5.69 Å². The van der Waals surface area contributed by atoms with E-state index in [9.17, 15) is 9.59 Å². The van der Waals surface area contributed by atoms with E-state index in [0.29, 0.717) is 17.9 Å². The van der Waals surface area contributed by atoms with E-state index in [1.54, 1.807) is 23.5 Å². The Kier molecular flexibility index (Phi) is 5.25. The number of nitrogens with zero attached hydrogens (tertiary/aromatic N) is 2. The summed E-state index contributed by atoms with van der Waals surface area (Å²) in [5.74, 6) is -0.306. The zero-order valence-corrected chi connectivity index (χ0v) is 14.9. The molecule has 0 aliphatic heterocycles. The van der Waals surface area contributed by atoms with Gasteiger partial charge in [-0.15, -0.1) is 11.3 Å². The SMILES string of the molecule is [C-]#[N+]c1ccc2sc(-c3ccc(NC(=O)CCNC(C)=O)cc3)nc2c1. The minimum atomic E-state index is -0.154. The van der Waals surface area contributed by atoms with Crippen LogP contribution in [0.3, 0.4) is 0 Å². The molecule has 6 nitrogen and oxygen atoms in total. The molecule has 0 saturated heterocycles. The second-order valence-corrected chi connectivity index (χ2v) is 6.67. The molecule has 26 heavy (non-hydrogen) atoms. The molecular formula is C19H16N4O2S. The molecule has 0 atom stereocenters. The number of fused-ring (bicyclic) bond motifs is 1. The normalized spacial score (nSPS) is 10.3. The largest absolute Gasteiger partial charge is 0.356 e. The molecule has 3 rings (SSSR count). The van der Waals surface area contributed by atoms with Crippen molar-refractivity contribution in [2.75, 3.05) is 11.9 Å². The van der Waals surface area contributed by atoms with E-state index in [4.69, 9.17) is 6.57 Å². The first-order chi connectivity index (χ1) is 12.5. The number of thiazole rings is 1. The van der Waals surface area contributed by atoms with Crippen molar-refractivity contribution < 1.29 is 9.59 Å². The summed E-state index contributed by atoms with van der Waals surface area (Å²) in [6, 6.07) is 12.9. The lowest BCUT2D eigenvalue weighted by Crippen LogP contribution is -2.25. The average molecular weight is 364 g/mol. The lowest BCUT2D eigenvalue weighted by Gasteiger charge is -2.06. The molecule has 0 unspecified atom stereocenters. The van der Waals surface area contributed by atoms with E-state index in [2.05, 4.69) is 20.5 Å². The lowest BCUT2D eigenvalue weighted by atomic mass is 10.2. The van der Waals surface area contributed by atoms with Crippen molar-refractivity contribution >= 4 is 44.7 Å². The van der Waals surface area contributed by atoms with E-state index in [-0.39, 0.29) is 18.2 Å². The van der Waals surface area contributed by atoms with Gasteiger partial charge in [-0.3, -0.25) is 9.59 Å². The number of carbonyl (C=O) groups is 2. The molecule has 0 aliphatic rings. The number of rotatable bonds is 5. The summed E-state index contributed by atoms with van der Waals surface area (Å²) in [7, 11) is 0. The van der Waals surface area contributed by atoms with Crippen LogP contribution in [0.1, 0.15) is 13.3 Å². The average Bonchev–Trinajstić information content (AvgIpc) is 3.05. The molecule has 2 amide bonds. The van der Waals surface area contributed by atoms with Gasteiger partial charge in [0.2, 0.25) is 11.8 Å². The minimum Gasteiger partial charge on any atom is -0.356 e. The summed E-state index contributed by atoms with van der Waals surface area (Å²) in [4.78, 5) is 30.6. The third-order valence-corrected chi connectivity index (χ3v) is 4.73. The van der Waals surface area contributed by atoms with Crippen LogP contribution in [0.5, 0.6) is 0 Å². The third kappa shape index (κ3) is 4.23. The third-order valence-electron chi connectivity index (χ3n) is 3.64. The topological polar surface area (TPSA) is 75.5 Å². The second-order valence-electron chi connectivity index (χ2n) is 5.64. The van der Waals surface area contributed by atoms with E-state index in [0.717, 1.165) is 20.8 Å². The standard InChI is InChI=1S/C19H16N4O2S/c1-12(24)21-10-9-18(25)22-14-5-3-13(4-6-14)19-23-16-11-15(20-2)7-8-17(16)26-19/h3-8,11H,9-10H2,1H3,(H,21,24)(H,22,25). The van der Waals surface area contributed by atoms with Crippen molar-refractivity contribution in [3.8, 4) is 10.6 Å². The number of hydrogen-bond donors (Lipinski definition) is 2. The Morgan fingerprint density at radius 2 is 1.96 bits per heavy atom. The molecule has 1 aromatic heterocycles. The maximum Gasteiger partial charge on any atom is 0.226 e. The summed E-state index contributed by atoms with van der Waals surface area (Å²) in [6.45, 7) is 8.81. The van der Waals surface area contributed by atoms with E-state index in [1.807, 2.05) is 30.3 Å². The fourth-order valence-electron chi connectivity index (χ4n) is 2.38. The second kappa shape index (κ2) is 7.76. The summed E-state index contributed by atoms with van der Waals surface area (Å²) < 4.78 is 1.03. The molecule has 0 aliphatic carbocycles. The smallest absolute Gasteiger partial charge is 0.226 e. The maximum atomic E-state index is 11.8. The molecule has 130 valence electrons. The van der Waals surface area contributed by atoms with Crippen LogP contribution < -0.4 is 10.6 Å². The first-order valence-corrected chi connectivity index (χ1v) is 8.79. The molecule has 1 heterocycles. The van der Waals surface area contributed by atoms with Gasteiger partial charge in [-0.1, -0.05) is 12.1 Å². The molecule has 7 heteroatoms. The number of benzene rings is 2. The predicted octanol–water partition coefficient (Wildman–Crippen LogP) is 3.98. The van der Waals surface area contributed by atoms with E-state index < -0.39 is 0 Å². The van der Waals surface area contributed by atoms with Crippen LogP contribution in [-0.4, -0.2) is 23.3 Å². The molecule has 0 bridgehead atoms. The lowest BCUT2D eigenvalue weighted by molar-refractivity contribution is -0.119. The van der Waals surface area contributed by atoms with Crippen molar-refractivity contribution in [3.63, 3.8) is 0 Å². The van der Waals surface area contributed by atoms with Gasteiger partial charge in [-0.05, 0) is 30.3 Å². The van der Waals surface area contributed by atoms with Crippen molar-refractivity contribution in [1.29, 1.82) is 0 Å². The molecule has 0 radical (unpaired) electrons. The quantitative estimate of drug-likeness (QED) is 0.673. The summed E-state index contributed by atoms with van der Waals surface area (Å²) in [5, 5.41) is 6.25. The van der Waals surface area contributed by atoms with Gasteiger partial charge in [0.25, 0.3) is 0 Å². The number of anilines is 1. The Balaban J connectivity index is 1.68. The van der Waals surface area contributed by atoms with Crippen LogP contribution in [0.2, 0.25) is 0 Å². The fourth-order valence-corrected chi connectivity index (χ4v) is 3.33. The van der Waals surface area contributed by atoms with Crippen LogP contribution in [0, 0.1) is 6.57 Å². The van der Waals surface area contributed by atoms with Crippen LogP contribution >= 0.6 is 11.3 Å². The monoisotopic (exact) mass is 364 g/mol. The van der Waals surface area contributed by atoms with Gasteiger partial charge in [0.1, 0.15) is 5.01 Å². The Morgan fingerprint density at radius 1 is 1.19 bits per heavy atom. The molecule has 0 spiro atoms. The summed E-state index contributed by atoms with van der Waals surface area (Å²) in [6.07, 6.45) is 0.225. The van der Waals surface area contributed by atoms with Crippen LogP contribution in [0.15, 0.2) is 42.5 Å². The molecule has 2 aromatic carbocycles. The van der Waals surface area contributed by atoms with Gasteiger partial charge >= 0.3 is 0 Å². The van der Waals surface area contributed by atoms with Gasteiger partial charge in [0.05, 0.1) is 16.8 Å². The highest BCUT2D eigenvalue weighted by molar-refractivity contribution is 7.21. The zero-order chi connectivity index (χ0) is 18.5. The fraction of sp³-hybridized carbons (Fsp3) is 0.158. The number of carbonyl (C=O) groups excluding carboxylic acids is 2. The van der Waals surface area contributed by atoms with Crippen molar-refractivity contribution in [3.05, 3.63) is 53.9 Å². The van der Waals surface area contributed by atoms with E-state index >= 15 is 0 Å². The molecule has 2 N–H and O–H groups in total. The molecule has 0 saturated carbocycles. The summed E-state index contributed by atoms with van der Waals surface area (Å²) in [5.41, 5.74) is 3.03. The van der Waals surface area contributed by atoms with Gasteiger partial charge in [-0.25, -0.2) is 9.83 Å². The van der Waals surface area contributed by atoms with E-state index in [1.165, 1.54) is 6.92 Å². The summed E-state index contributed by atoms with van der Waals surface area (Å²) >= 11 is 1.56. The molecular weight excluding hydrogens is 348 g/mol. The minimum absolute atomic E-state index is 0.151. The van der Waals surface area contributed by atoms with Crippen LogP contribution in [0.25, 0.3) is 25.6 Å². The Bertz CT molecular complexity index is 1000. The first-order valence-electron chi connectivity index (χ1n) is 7.98. The Morgan fingerprint density at radius 3 is 2.65 bits per heavy atom. The predicted molar refractivity (Wildman–Crippen MR) is 103 cm³/mol. The highest BCUT2D eigenvalue weighted by atomic mass is 32.1. The van der Waals surface area contributed by atoms with Gasteiger partial charge in [0, 0.05) is 31.1 Å². The number of hydrogen-bond acceptors (Lipinski definition) is 4. The molecule has 0 fully saturated rings. The van der Waals surface area contributed by atoms with Crippen molar-refractivity contribution in [2.24, 2.45) is 0 Å². The van der Waals surface area contributed by atoms with Gasteiger partial charge < -0.3 is 10.6 Å². The van der Waals surface area contributed by atoms with Crippen molar-refractivity contribution in [1.82, 2.24) is 10.3 Å². The first kappa shape index (κ1) is 17.6. The highest BCUT2D eigenvalue weighted by Gasteiger charge is 2.08. The Labute approximate surface area is 154 Å². The van der Waals surface area contributed by atoms with Crippen LogP contribution in [0.4, 0.5) is 11.4 Å².